The Morgan fingerprint density at radius 1 is 0.594 bits per heavy atom. The minimum atomic E-state index is -1.79. The van der Waals surface area contributed by atoms with Gasteiger partial charge in [-0.3, -0.25) is 0 Å². The van der Waals surface area contributed by atoms with Crippen LogP contribution in [-0.2, 0) is 0 Å². The van der Waals surface area contributed by atoms with E-state index < -0.39 is 16.1 Å². The van der Waals surface area contributed by atoms with Crippen molar-refractivity contribution in [2.75, 3.05) is 0 Å². The van der Waals surface area contributed by atoms with Crippen LogP contribution in [0.15, 0.2) is 58.9 Å². The maximum absolute atomic E-state index is 2.71. The fourth-order valence-electron chi connectivity index (χ4n) is 7.36. The van der Waals surface area contributed by atoms with E-state index in [2.05, 4.69) is 101 Å². The molecule has 2 radical (unpaired) electrons. The third-order valence-electron chi connectivity index (χ3n) is 8.27. The van der Waals surface area contributed by atoms with E-state index in [0.717, 1.165) is 0 Å². The average Bonchev–Trinajstić information content (AvgIpc) is 3.22. The van der Waals surface area contributed by atoms with Gasteiger partial charge in [-0.15, -0.1) is 0 Å². The lowest BCUT2D eigenvalue weighted by molar-refractivity contribution is 0.937. The van der Waals surface area contributed by atoms with Crippen molar-refractivity contribution >= 4 is 44.1 Å². The Labute approximate surface area is 201 Å². The second-order valence-electron chi connectivity index (χ2n) is 11.9. The summed E-state index contributed by atoms with van der Waals surface area (Å²) in [6, 6.07) is 21.9. The minimum absolute atomic E-state index is 0.312. The van der Waals surface area contributed by atoms with Crippen LogP contribution in [0.5, 0.6) is 0 Å². The molecule has 0 amide bonds. The first kappa shape index (κ1) is 22.6. The van der Waals surface area contributed by atoms with Gasteiger partial charge >= 0.3 is 0 Å². The van der Waals surface area contributed by atoms with Crippen molar-refractivity contribution in [2.24, 2.45) is 0 Å². The first-order valence-electron chi connectivity index (χ1n) is 12.3. The van der Waals surface area contributed by atoms with Crippen LogP contribution in [0.25, 0.3) is 10.4 Å². The zero-order valence-corrected chi connectivity index (χ0v) is 25.2. The molecule has 2 unspecified atom stereocenters. The van der Waals surface area contributed by atoms with Crippen molar-refractivity contribution in [3.63, 3.8) is 0 Å². The van der Waals surface area contributed by atoms with Crippen molar-refractivity contribution < 1.29 is 0 Å². The Bertz CT molecular complexity index is 1060. The molecule has 0 aromatic heterocycles. The minimum Gasteiger partial charge on any atom is -0.0712 e. The lowest BCUT2D eigenvalue weighted by atomic mass is 10.0. The van der Waals surface area contributed by atoms with Gasteiger partial charge in [-0.05, 0) is 46.2 Å². The molecule has 4 heteroatoms. The van der Waals surface area contributed by atoms with Crippen LogP contribution in [0.4, 0.5) is 0 Å². The topological polar surface area (TPSA) is 0 Å². The first-order valence-corrected chi connectivity index (χ1v) is 23.7. The number of benzene rings is 2. The van der Waals surface area contributed by atoms with Gasteiger partial charge < -0.3 is 0 Å². The van der Waals surface area contributed by atoms with E-state index in [1.807, 2.05) is 20.8 Å². The zero-order valence-electron chi connectivity index (χ0n) is 21.2. The molecule has 32 heavy (non-hydrogen) atoms. The molecule has 1 heterocycles. The molecule has 2 aliphatic carbocycles. The summed E-state index contributed by atoms with van der Waals surface area (Å²) in [7, 11) is -4.20. The predicted molar refractivity (Wildman–Crippen MR) is 152 cm³/mol. The second kappa shape index (κ2) is 7.65. The highest BCUT2D eigenvalue weighted by molar-refractivity contribution is 7.14. The van der Waals surface area contributed by atoms with Crippen LogP contribution in [0.3, 0.4) is 0 Å². The van der Waals surface area contributed by atoms with E-state index in [1.165, 1.54) is 12.1 Å². The molecule has 0 fully saturated rings. The SMILES string of the molecule is C[Si](C)CC1C2=C(c3ccccc31)[Si](C)(C)C1=C(c3ccccc3C1C[Si](C)C)[Si]2(C)C. The van der Waals surface area contributed by atoms with E-state index in [0.29, 0.717) is 11.8 Å². The summed E-state index contributed by atoms with van der Waals surface area (Å²) in [5.74, 6) is 1.35. The molecule has 166 valence electrons. The standard InChI is InChI=1S/C28H38Si4/c1-29(2)17-23-19-13-9-11-15-21(19)25-27(23)31(5,6)26-22-16-12-10-14-20(22)24(18-30(3)4)28(26)32(25,7)8/h9-16,23-24H,17-18H2,1-8H3. The van der Waals surface area contributed by atoms with Crippen LogP contribution in [0, 0.1) is 0 Å². The molecule has 0 bridgehead atoms. The lowest BCUT2D eigenvalue weighted by Crippen LogP contribution is -2.46. The fraction of sp³-hybridized carbons (Fsp3) is 0.429. The summed E-state index contributed by atoms with van der Waals surface area (Å²) < 4.78 is 0. The number of hydrogen-bond acceptors (Lipinski definition) is 0. The highest BCUT2D eigenvalue weighted by Crippen LogP contribution is 2.63. The largest absolute Gasteiger partial charge is 0.108 e. The van der Waals surface area contributed by atoms with Gasteiger partial charge in [-0.2, -0.15) is 0 Å². The van der Waals surface area contributed by atoms with Crippen molar-refractivity contribution in [3.05, 3.63) is 81.2 Å². The van der Waals surface area contributed by atoms with Gasteiger partial charge in [0.15, 0.2) is 0 Å². The first-order chi connectivity index (χ1) is 15.1. The Morgan fingerprint density at radius 2 is 0.938 bits per heavy atom. The molecular formula is C28H38Si4. The Morgan fingerprint density at radius 3 is 1.28 bits per heavy atom. The van der Waals surface area contributed by atoms with Gasteiger partial charge in [0.25, 0.3) is 0 Å². The third kappa shape index (κ3) is 3.09. The van der Waals surface area contributed by atoms with Crippen LogP contribution >= 0.6 is 0 Å². The highest BCUT2D eigenvalue weighted by atomic mass is 28.3. The number of allylic oxidation sites excluding steroid dienone is 2. The number of hydrogen-bond donors (Lipinski definition) is 0. The molecule has 0 saturated heterocycles. The van der Waals surface area contributed by atoms with Gasteiger partial charge in [-0.25, -0.2) is 0 Å². The van der Waals surface area contributed by atoms with E-state index in [1.54, 1.807) is 22.3 Å². The van der Waals surface area contributed by atoms with Crippen LogP contribution in [-0.4, -0.2) is 33.7 Å². The van der Waals surface area contributed by atoms with E-state index in [-0.39, 0.29) is 17.6 Å². The molecule has 0 spiro atoms. The zero-order chi connectivity index (χ0) is 23.0. The normalized spacial score (nSPS) is 24.7. The summed E-state index contributed by atoms with van der Waals surface area (Å²) in [5.41, 5.74) is 6.64. The van der Waals surface area contributed by atoms with Crippen LogP contribution in [0.2, 0.25) is 64.5 Å². The van der Waals surface area contributed by atoms with E-state index in [4.69, 9.17) is 0 Å². The van der Waals surface area contributed by atoms with Gasteiger partial charge in [0, 0.05) is 17.6 Å². The summed E-state index contributed by atoms with van der Waals surface area (Å²) in [4.78, 5) is 0. The van der Waals surface area contributed by atoms with Gasteiger partial charge in [0.2, 0.25) is 0 Å². The quantitative estimate of drug-likeness (QED) is 0.382. The van der Waals surface area contributed by atoms with Crippen LogP contribution < -0.4 is 0 Å². The monoisotopic (exact) mass is 486 g/mol. The fourth-order valence-corrected chi connectivity index (χ4v) is 21.8. The molecule has 2 aromatic rings. The predicted octanol–water partition coefficient (Wildman–Crippen LogP) is 8.18. The maximum Gasteiger partial charge on any atom is 0.108 e. The summed E-state index contributed by atoms with van der Waals surface area (Å²) >= 11 is 0. The molecular weight excluding hydrogens is 449 g/mol. The smallest absolute Gasteiger partial charge is 0.0712 e. The van der Waals surface area contributed by atoms with Crippen molar-refractivity contribution in [1.82, 2.24) is 0 Å². The van der Waals surface area contributed by atoms with Gasteiger partial charge in [-0.1, -0.05) is 122 Å². The molecule has 3 aliphatic rings. The summed E-state index contributed by atoms with van der Waals surface area (Å²) in [6.07, 6.45) is 0. The van der Waals surface area contributed by atoms with Crippen molar-refractivity contribution in [3.8, 4) is 0 Å². The Kier molecular flexibility index (Phi) is 5.40. The van der Waals surface area contributed by atoms with E-state index >= 15 is 0 Å². The van der Waals surface area contributed by atoms with Gasteiger partial charge in [0.1, 0.15) is 16.1 Å². The van der Waals surface area contributed by atoms with Gasteiger partial charge in [0.05, 0.1) is 0 Å². The maximum atomic E-state index is 2.71. The third-order valence-corrected chi connectivity index (χ3v) is 18.7. The van der Waals surface area contributed by atoms with Crippen molar-refractivity contribution in [1.29, 1.82) is 0 Å². The molecule has 2 aromatic carbocycles. The summed E-state index contributed by atoms with van der Waals surface area (Å²) in [6.45, 7) is 20.9. The average molecular weight is 487 g/mol. The Hall–Kier alpha value is -1.21. The lowest BCUT2D eigenvalue weighted by Gasteiger charge is -2.44. The molecule has 0 nitrogen and oxygen atoms in total. The van der Waals surface area contributed by atoms with Crippen LogP contribution in [0.1, 0.15) is 34.1 Å². The second-order valence-corrected chi connectivity index (χ2v) is 26.2. The number of rotatable bonds is 4. The molecule has 5 rings (SSSR count). The van der Waals surface area contributed by atoms with E-state index in [9.17, 15) is 0 Å². The highest BCUT2D eigenvalue weighted by Gasteiger charge is 2.56. The molecule has 0 saturated carbocycles. The van der Waals surface area contributed by atoms with Crippen molar-refractivity contribution in [2.45, 2.75) is 76.3 Å². The molecule has 1 aliphatic heterocycles. The molecule has 2 atom stereocenters. The Balaban J connectivity index is 1.80. The molecule has 0 N–H and O–H groups in total. The summed E-state index contributed by atoms with van der Waals surface area (Å²) in [5, 5.41) is 7.62. The number of fused-ring (bicyclic) bond motifs is 4.